The number of rotatable bonds is 3. The molecule has 0 spiro atoms. The molecule has 10 heteroatoms. The van der Waals surface area contributed by atoms with Gasteiger partial charge >= 0.3 is 0 Å². The number of aromatic nitrogens is 1. The first-order valence-corrected chi connectivity index (χ1v) is 9.30. The fourth-order valence-electron chi connectivity index (χ4n) is 2.81. The van der Waals surface area contributed by atoms with Crippen molar-refractivity contribution in [3.63, 3.8) is 0 Å². The molecule has 7 nitrogen and oxygen atoms in total. The molecule has 0 bridgehead atoms. The summed E-state index contributed by atoms with van der Waals surface area (Å²) in [5.74, 6) is 0.216. The summed E-state index contributed by atoms with van der Waals surface area (Å²) in [6.45, 7) is 0.398. The molecule has 0 fully saturated rings. The summed E-state index contributed by atoms with van der Waals surface area (Å²) in [6.07, 6.45) is 4.66. The van der Waals surface area contributed by atoms with Crippen LogP contribution in [-0.2, 0) is 4.79 Å². The summed E-state index contributed by atoms with van der Waals surface area (Å²) < 4.78 is 0. The zero-order valence-electron chi connectivity index (χ0n) is 14.8. The average Bonchev–Trinajstić information content (AvgIpc) is 3.08. The normalized spacial score (nSPS) is 17.6. The highest BCUT2D eigenvalue weighted by atomic mass is 35.5. The second-order valence-electron chi connectivity index (χ2n) is 6.38. The van der Waals surface area contributed by atoms with E-state index < -0.39 is 0 Å². The Bertz CT molecular complexity index is 1010. The van der Waals surface area contributed by atoms with Gasteiger partial charge in [-0.1, -0.05) is 40.8 Å². The molecule has 0 saturated carbocycles. The van der Waals surface area contributed by atoms with Gasteiger partial charge in [0.2, 0.25) is 5.96 Å². The summed E-state index contributed by atoms with van der Waals surface area (Å²) in [5.41, 5.74) is 3.41. The first-order valence-electron chi connectivity index (χ1n) is 8.55. The van der Waals surface area contributed by atoms with Gasteiger partial charge in [0.1, 0.15) is 13.6 Å². The van der Waals surface area contributed by atoms with Crippen molar-refractivity contribution >= 4 is 65.5 Å². The third kappa shape index (κ3) is 3.88. The van der Waals surface area contributed by atoms with E-state index in [1.807, 2.05) is 32.1 Å². The highest BCUT2D eigenvalue weighted by Gasteiger charge is 2.28. The maximum atomic E-state index is 12.5. The fourth-order valence-corrected chi connectivity index (χ4v) is 3.27. The molecule has 4 rings (SSSR count). The zero-order chi connectivity index (χ0) is 19.7. The minimum atomic E-state index is -0.272. The van der Waals surface area contributed by atoms with Crippen molar-refractivity contribution in [3.05, 3.63) is 58.5 Å². The van der Waals surface area contributed by atoms with Gasteiger partial charge in [-0.25, -0.2) is 4.99 Å². The van der Waals surface area contributed by atoms with E-state index in [9.17, 15) is 4.79 Å². The number of carbonyl (C=O) groups is 1. The molecule has 28 heavy (non-hydrogen) atoms. The average molecular weight is 413 g/mol. The number of aliphatic imine (C=N–C) groups is 2. The van der Waals surface area contributed by atoms with Gasteiger partial charge in [0, 0.05) is 18.1 Å². The van der Waals surface area contributed by atoms with Gasteiger partial charge in [0.05, 0.1) is 34.0 Å². The molecule has 140 valence electrons. The van der Waals surface area contributed by atoms with E-state index in [2.05, 4.69) is 30.9 Å². The number of amides is 1. The molecule has 0 saturated heterocycles. The Morgan fingerprint density at radius 1 is 1.18 bits per heavy atom. The fraction of sp³-hybridized carbons (Fsp3) is 0.111. The number of dihydropyridines is 1. The number of nitrogens with zero attached hydrogens (tertiary/aromatic N) is 3. The van der Waals surface area contributed by atoms with Crippen LogP contribution in [0.2, 0.25) is 10.0 Å². The quantitative estimate of drug-likeness (QED) is 0.664. The van der Waals surface area contributed by atoms with Gasteiger partial charge in [0.15, 0.2) is 0 Å². The van der Waals surface area contributed by atoms with Crippen molar-refractivity contribution in [1.82, 2.24) is 10.3 Å². The number of hydrogen-bond acceptors (Lipinski definition) is 6. The van der Waals surface area contributed by atoms with E-state index in [1.54, 1.807) is 6.08 Å². The Morgan fingerprint density at radius 2 is 1.89 bits per heavy atom. The number of pyridine rings is 1. The Balaban J connectivity index is 1.48. The lowest BCUT2D eigenvalue weighted by Crippen LogP contribution is -2.38. The molecule has 2 aromatic rings. The first kappa shape index (κ1) is 18.5. The van der Waals surface area contributed by atoms with Crippen molar-refractivity contribution in [1.29, 1.82) is 0 Å². The van der Waals surface area contributed by atoms with Gasteiger partial charge in [-0.05, 0) is 18.2 Å². The van der Waals surface area contributed by atoms with Crippen LogP contribution in [0.15, 0.2) is 58.4 Å². The highest BCUT2D eigenvalue weighted by molar-refractivity contribution is 6.47. The Labute approximate surface area is 172 Å². The number of anilines is 2. The van der Waals surface area contributed by atoms with Crippen LogP contribution in [0, 0.1) is 0 Å². The summed E-state index contributed by atoms with van der Waals surface area (Å²) in [5, 5.41) is 9.88. The van der Waals surface area contributed by atoms with Crippen LogP contribution in [0.25, 0.3) is 0 Å². The van der Waals surface area contributed by atoms with Crippen molar-refractivity contribution in [2.45, 2.75) is 6.04 Å². The van der Waals surface area contributed by atoms with E-state index in [-0.39, 0.29) is 11.9 Å². The minimum absolute atomic E-state index is 0.113. The molecule has 3 N–H and O–H groups in total. The van der Waals surface area contributed by atoms with Gasteiger partial charge in [-0.2, -0.15) is 0 Å². The maximum absolute atomic E-state index is 12.5. The zero-order valence-corrected chi connectivity index (χ0v) is 16.3. The Kier molecular flexibility index (Phi) is 5.06. The van der Waals surface area contributed by atoms with E-state index in [1.165, 1.54) is 12.4 Å². The predicted molar refractivity (Wildman–Crippen MR) is 116 cm³/mol. The molecule has 1 amide bonds. The standard InChI is InChI=1S/C18H15BCl2N6O/c19-9-1-3-10(4-2-9)24-17(28)14-5-13-15(8-23-14)26-18(25-13)27-16-11(20)6-22-7-12(16)21/h1-7,15H,8,19H2,(H,24,28)(H2,22,25,26,27). The summed E-state index contributed by atoms with van der Waals surface area (Å²) in [4.78, 5) is 25.3. The minimum Gasteiger partial charge on any atom is -0.346 e. The topological polar surface area (TPSA) is 90.8 Å². The molecule has 1 aromatic carbocycles. The van der Waals surface area contributed by atoms with Crippen LogP contribution >= 0.6 is 23.2 Å². The SMILES string of the molecule is Bc1ccc(NC(=O)C2=NCC3NC(Nc4c(Cl)cncc4Cl)=NC3=C2)cc1. The monoisotopic (exact) mass is 412 g/mol. The Hall–Kier alpha value is -2.84. The van der Waals surface area contributed by atoms with E-state index >= 15 is 0 Å². The molecule has 3 heterocycles. The van der Waals surface area contributed by atoms with Gasteiger partial charge in [0.25, 0.3) is 5.91 Å². The van der Waals surface area contributed by atoms with E-state index in [4.69, 9.17) is 23.2 Å². The number of guanidine groups is 1. The third-order valence-electron chi connectivity index (χ3n) is 4.28. The van der Waals surface area contributed by atoms with Gasteiger partial charge in [-0.15, -0.1) is 0 Å². The van der Waals surface area contributed by atoms with Crippen LogP contribution in [0.5, 0.6) is 0 Å². The van der Waals surface area contributed by atoms with Crippen LogP contribution in [-0.4, -0.2) is 43.0 Å². The van der Waals surface area contributed by atoms with E-state index in [0.29, 0.717) is 39.6 Å². The summed E-state index contributed by atoms with van der Waals surface area (Å²) in [7, 11) is 1.99. The smallest absolute Gasteiger partial charge is 0.273 e. The third-order valence-corrected chi connectivity index (χ3v) is 4.85. The molecular weight excluding hydrogens is 398 g/mol. The molecule has 2 aliphatic rings. The summed E-state index contributed by atoms with van der Waals surface area (Å²) in [6, 6.07) is 7.46. The number of benzene rings is 1. The number of hydrogen-bond donors (Lipinski definition) is 3. The van der Waals surface area contributed by atoms with Gasteiger partial charge in [-0.3, -0.25) is 14.8 Å². The van der Waals surface area contributed by atoms with Crippen LogP contribution < -0.4 is 21.4 Å². The number of nitrogens with one attached hydrogen (secondary N) is 3. The molecule has 1 unspecified atom stereocenters. The highest BCUT2D eigenvalue weighted by Crippen LogP contribution is 2.29. The molecule has 0 radical (unpaired) electrons. The number of halogens is 2. The predicted octanol–water partition coefficient (Wildman–Crippen LogP) is 1.36. The maximum Gasteiger partial charge on any atom is 0.273 e. The second-order valence-corrected chi connectivity index (χ2v) is 7.19. The van der Waals surface area contributed by atoms with Gasteiger partial charge < -0.3 is 16.0 Å². The second kappa shape index (κ2) is 7.65. The number of carbonyl (C=O) groups excluding carboxylic acids is 1. The molecule has 0 aliphatic carbocycles. The molecular formula is C18H15BCl2N6O. The van der Waals surface area contributed by atoms with Crippen molar-refractivity contribution in [2.75, 3.05) is 17.2 Å². The largest absolute Gasteiger partial charge is 0.346 e. The lowest BCUT2D eigenvalue weighted by Gasteiger charge is -2.16. The number of fused-ring (bicyclic) bond motifs is 1. The molecule has 1 aromatic heterocycles. The van der Waals surface area contributed by atoms with Crippen LogP contribution in [0.3, 0.4) is 0 Å². The lowest BCUT2D eigenvalue weighted by molar-refractivity contribution is -0.110. The van der Waals surface area contributed by atoms with Crippen molar-refractivity contribution in [2.24, 2.45) is 9.98 Å². The van der Waals surface area contributed by atoms with Crippen molar-refractivity contribution in [3.8, 4) is 0 Å². The van der Waals surface area contributed by atoms with Crippen LogP contribution in [0.1, 0.15) is 0 Å². The molecule has 1 atom stereocenters. The first-order chi connectivity index (χ1) is 13.5. The summed E-state index contributed by atoms with van der Waals surface area (Å²) >= 11 is 12.3. The van der Waals surface area contributed by atoms with E-state index in [0.717, 1.165) is 11.2 Å². The van der Waals surface area contributed by atoms with Crippen molar-refractivity contribution < 1.29 is 4.79 Å². The van der Waals surface area contributed by atoms with Crippen LogP contribution in [0.4, 0.5) is 11.4 Å². The Morgan fingerprint density at radius 3 is 2.61 bits per heavy atom. The lowest BCUT2D eigenvalue weighted by atomic mass is 9.96. The molecule has 2 aliphatic heterocycles.